The van der Waals surface area contributed by atoms with Crippen LogP contribution in [0.3, 0.4) is 0 Å². The SMILES string of the molecule is CCc1ccc(OCc2nnc(SCC(=O)Nc3c(C)n(C)n(-c4ccccc4)c3=O)n2C)cc1. The predicted octanol–water partition coefficient (Wildman–Crippen LogP) is 3.49. The van der Waals surface area contributed by atoms with E-state index in [1.54, 1.807) is 23.2 Å². The Labute approximate surface area is 207 Å². The van der Waals surface area contributed by atoms with Crippen LogP contribution in [0.25, 0.3) is 5.69 Å². The summed E-state index contributed by atoms with van der Waals surface area (Å²) in [7, 11) is 3.62. The molecule has 0 aliphatic rings. The Balaban J connectivity index is 1.37. The Bertz CT molecular complexity index is 1370. The van der Waals surface area contributed by atoms with Crippen LogP contribution in [0.15, 0.2) is 64.5 Å². The maximum absolute atomic E-state index is 13.0. The van der Waals surface area contributed by atoms with E-state index in [1.165, 1.54) is 22.0 Å². The van der Waals surface area contributed by atoms with Crippen LogP contribution in [0.2, 0.25) is 0 Å². The molecule has 0 bridgehead atoms. The van der Waals surface area contributed by atoms with Crippen molar-refractivity contribution in [1.82, 2.24) is 24.1 Å². The molecule has 2 aromatic carbocycles. The highest BCUT2D eigenvalue weighted by molar-refractivity contribution is 7.99. The number of nitrogens with zero attached hydrogens (tertiary/aromatic N) is 5. The fraction of sp³-hybridized carbons (Fsp3) is 0.280. The molecule has 10 heteroatoms. The Hall–Kier alpha value is -3.79. The number of aromatic nitrogens is 5. The monoisotopic (exact) mass is 492 g/mol. The van der Waals surface area contributed by atoms with Crippen molar-refractivity contribution < 1.29 is 9.53 Å². The molecule has 0 fully saturated rings. The first-order valence-corrected chi connectivity index (χ1v) is 12.2. The second kappa shape index (κ2) is 10.6. The van der Waals surface area contributed by atoms with Gasteiger partial charge in [-0.05, 0) is 43.2 Å². The van der Waals surface area contributed by atoms with Gasteiger partial charge in [0.1, 0.15) is 18.0 Å². The first-order chi connectivity index (χ1) is 16.9. The number of thioether (sulfide) groups is 1. The van der Waals surface area contributed by atoms with Crippen molar-refractivity contribution in [2.24, 2.45) is 14.1 Å². The van der Waals surface area contributed by atoms with Gasteiger partial charge in [0.15, 0.2) is 11.0 Å². The fourth-order valence-corrected chi connectivity index (χ4v) is 4.31. The molecule has 0 spiro atoms. The van der Waals surface area contributed by atoms with Gasteiger partial charge in [0.05, 0.1) is 17.1 Å². The van der Waals surface area contributed by atoms with E-state index in [9.17, 15) is 9.59 Å². The van der Waals surface area contributed by atoms with Crippen LogP contribution >= 0.6 is 11.8 Å². The van der Waals surface area contributed by atoms with Gasteiger partial charge in [0.2, 0.25) is 5.91 Å². The fourth-order valence-electron chi connectivity index (χ4n) is 3.58. The van der Waals surface area contributed by atoms with Gasteiger partial charge in [-0.3, -0.25) is 14.3 Å². The zero-order valence-electron chi connectivity index (χ0n) is 20.2. The van der Waals surface area contributed by atoms with E-state index in [2.05, 4.69) is 22.4 Å². The molecule has 2 heterocycles. The van der Waals surface area contributed by atoms with Gasteiger partial charge in [-0.2, -0.15) is 0 Å². The number of aryl methyl sites for hydroxylation is 1. The van der Waals surface area contributed by atoms with Gasteiger partial charge in [-0.25, -0.2) is 4.68 Å². The maximum Gasteiger partial charge on any atom is 0.295 e. The number of anilines is 1. The Kier molecular flexibility index (Phi) is 7.40. The van der Waals surface area contributed by atoms with E-state index in [-0.39, 0.29) is 29.5 Å². The number of carbonyl (C=O) groups excluding carboxylic acids is 1. The second-order valence-corrected chi connectivity index (χ2v) is 8.96. The number of ether oxygens (including phenoxy) is 1. The third-order valence-corrected chi connectivity index (χ3v) is 6.80. The Morgan fingerprint density at radius 3 is 2.46 bits per heavy atom. The minimum Gasteiger partial charge on any atom is -0.486 e. The highest BCUT2D eigenvalue weighted by atomic mass is 32.2. The number of hydrogen-bond acceptors (Lipinski definition) is 6. The topological polar surface area (TPSA) is 96.0 Å². The second-order valence-electron chi connectivity index (χ2n) is 8.02. The molecule has 0 saturated carbocycles. The summed E-state index contributed by atoms with van der Waals surface area (Å²) in [5.41, 5.74) is 2.63. The molecule has 4 aromatic rings. The largest absolute Gasteiger partial charge is 0.486 e. The Morgan fingerprint density at radius 1 is 1.06 bits per heavy atom. The van der Waals surface area contributed by atoms with Crippen LogP contribution in [-0.2, 0) is 31.9 Å². The van der Waals surface area contributed by atoms with Crippen LogP contribution in [0.5, 0.6) is 5.75 Å². The van der Waals surface area contributed by atoms with Gasteiger partial charge >= 0.3 is 0 Å². The highest BCUT2D eigenvalue weighted by Gasteiger charge is 2.19. The molecule has 35 heavy (non-hydrogen) atoms. The lowest BCUT2D eigenvalue weighted by Crippen LogP contribution is -2.23. The minimum absolute atomic E-state index is 0.0877. The van der Waals surface area contributed by atoms with Crippen molar-refractivity contribution in [3.63, 3.8) is 0 Å². The quantitative estimate of drug-likeness (QED) is 0.360. The standard InChI is InChI=1S/C25H28N6O3S/c1-5-18-11-13-20(14-12-18)34-15-21-27-28-25(29(21)3)35-16-22(32)26-23-17(2)30(4)31(24(23)33)19-9-7-6-8-10-19/h6-14H,5,15-16H2,1-4H3,(H,26,32). The van der Waals surface area contributed by atoms with Gasteiger partial charge < -0.3 is 14.6 Å². The summed E-state index contributed by atoms with van der Waals surface area (Å²) < 4.78 is 10.9. The first kappa shape index (κ1) is 24.3. The molecule has 4 rings (SSSR count). The molecular formula is C25H28N6O3S. The van der Waals surface area contributed by atoms with E-state index < -0.39 is 0 Å². The number of carbonyl (C=O) groups is 1. The summed E-state index contributed by atoms with van der Waals surface area (Å²) >= 11 is 1.25. The molecule has 0 atom stereocenters. The van der Waals surface area contributed by atoms with E-state index in [4.69, 9.17) is 4.74 Å². The molecule has 2 aromatic heterocycles. The number of benzene rings is 2. The van der Waals surface area contributed by atoms with Crippen molar-refractivity contribution in [2.45, 2.75) is 32.0 Å². The molecule has 0 radical (unpaired) electrons. The zero-order chi connectivity index (χ0) is 24.9. The molecule has 0 unspecified atom stereocenters. The van der Waals surface area contributed by atoms with Crippen LogP contribution in [0.4, 0.5) is 5.69 Å². The lowest BCUT2D eigenvalue weighted by atomic mass is 10.2. The van der Waals surface area contributed by atoms with Crippen molar-refractivity contribution >= 4 is 23.4 Å². The molecule has 0 aliphatic carbocycles. The average Bonchev–Trinajstić information content (AvgIpc) is 3.33. The van der Waals surface area contributed by atoms with E-state index in [0.717, 1.165) is 17.9 Å². The van der Waals surface area contributed by atoms with E-state index in [0.29, 0.717) is 16.7 Å². The predicted molar refractivity (Wildman–Crippen MR) is 136 cm³/mol. The molecule has 1 amide bonds. The van der Waals surface area contributed by atoms with Gasteiger partial charge in [-0.1, -0.05) is 49.0 Å². The number of para-hydroxylation sites is 1. The van der Waals surface area contributed by atoms with Crippen molar-refractivity contribution in [3.8, 4) is 11.4 Å². The molecule has 1 N–H and O–H groups in total. The molecular weight excluding hydrogens is 464 g/mol. The highest BCUT2D eigenvalue weighted by Crippen LogP contribution is 2.19. The number of rotatable bonds is 9. The van der Waals surface area contributed by atoms with Crippen LogP contribution in [-0.4, -0.2) is 35.8 Å². The third kappa shape index (κ3) is 5.32. The number of amides is 1. The van der Waals surface area contributed by atoms with E-state index >= 15 is 0 Å². The summed E-state index contributed by atoms with van der Waals surface area (Å²) in [6.45, 7) is 4.18. The third-order valence-electron chi connectivity index (χ3n) is 5.78. The van der Waals surface area contributed by atoms with Crippen LogP contribution in [0.1, 0.15) is 24.0 Å². The van der Waals surface area contributed by atoms with Gasteiger partial charge in [0, 0.05) is 14.1 Å². The van der Waals surface area contributed by atoms with Gasteiger partial charge in [0.25, 0.3) is 5.56 Å². The molecule has 9 nitrogen and oxygen atoms in total. The molecule has 0 aliphatic heterocycles. The summed E-state index contributed by atoms with van der Waals surface area (Å²) in [4.78, 5) is 25.6. The van der Waals surface area contributed by atoms with Gasteiger partial charge in [-0.15, -0.1) is 10.2 Å². The lowest BCUT2D eigenvalue weighted by Gasteiger charge is -2.07. The lowest BCUT2D eigenvalue weighted by molar-refractivity contribution is -0.113. The summed E-state index contributed by atoms with van der Waals surface area (Å²) in [5, 5.41) is 11.7. The average molecular weight is 493 g/mol. The smallest absolute Gasteiger partial charge is 0.295 e. The van der Waals surface area contributed by atoms with Crippen LogP contribution < -0.4 is 15.6 Å². The summed E-state index contributed by atoms with van der Waals surface area (Å²) in [5.74, 6) is 1.21. The number of nitrogens with one attached hydrogen (secondary N) is 1. The minimum atomic E-state index is -0.294. The number of hydrogen-bond donors (Lipinski definition) is 1. The zero-order valence-corrected chi connectivity index (χ0v) is 21.0. The molecule has 0 saturated heterocycles. The normalized spacial score (nSPS) is 11.0. The summed E-state index contributed by atoms with van der Waals surface area (Å²) in [6, 6.07) is 17.2. The van der Waals surface area contributed by atoms with Crippen molar-refractivity contribution in [1.29, 1.82) is 0 Å². The van der Waals surface area contributed by atoms with Crippen LogP contribution in [0, 0.1) is 6.92 Å². The summed E-state index contributed by atoms with van der Waals surface area (Å²) in [6.07, 6.45) is 0.977. The van der Waals surface area contributed by atoms with Crippen molar-refractivity contribution in [3.05, 3.63) is 82.0 Å². The Morgan fingerprint density at radius 2 is 1.77 bits per heavy atom. The maximum atomic E-state index is 13.0. The molecule has 182 valence electrons. The van der Waals surface area contributed by atoms with Crippen molar-refractivity contribution in [2.75, 3.05) is 11.1 Å². The van der Waals surface area contributed by atoms with E-state index in [1.807, 2.05) is 61.6 Å². The first-order valence-electron chi connectivity index (χ1n) is 11.3.